The van der Waals surface area contributed by atoms with E-state index in [1.165, 1.54) is 0 Å². The zero-order chi connectivity index (χ0) is 17.6. The van der Waals surface area contributed by atoms with E-state index in [4.69, 9.17) is 0 Å². The van der Waals surface area contributed by atoms with Gasteiger partial charge in [0.15, 0.2) is 0 Å². The second-order valence-electron chi connectivity index (χ2n) is 5.40. The first-order valence-corrected chi connectivity index (χ1v) is 9.57. The number of para-hydroxylation sites is 1. The lowest BCUT2D eigenvalue weighted by Crippen LogP contribution is -2.29. The molecule has 0 saturated heterocycles. The summed E-state index contributed by atoms with van der Waals surface area (Å²) in [6.07, 6.45) is 0.735. The number of hydrogen-bond donors (Lipinski definition) is 2. The molecule has 0 aromatic heterocycles. The molecule has 2 rings (SSSR count). The van der Waals surface area contributed by atoms with Crippen molar-refractivity contribution in [2.75, 3.05) is 10.5 Å². The van der Waals surface area contributed by atoms with Gasteiger partial charge in [0.25, 0.3) is 5.91 Å². The molecule has 2 aromatic rings. The molecule has 0 radical (unpaired) electrons. The molecule has 2 aromatic carbocycles. The predicted octanol–water partition coefficient (Wildman–Crippen LogP) is 3.33. The number of benzene rings is 2. The highest BCUT2D eigenvalue weighted by molar-refractivity contribution is 7.92. The average molecular weight is 346 g/mol. The first-order chi connectivity index (χ1) is 11.5. The van der Waals surface area contributed by atoms with Crippen LogP contribution in [0.5, 0.6) is 0 Å². The van der Waals surface area contributed by atoms with Crippen molar-refractivity contribution in [2.24, 2.45) is 0 Å². The number of nitrogens with one attached hydrogen (secondary N) is 2. The highest BCUT2D eigenvalue weighted by atomic mass is 32.2. The molecule has 24 heavy (non-hydrogen) atoms. The van der Waals surface area contributed by atoms with Gasteiger partial charge in [0.2, 0.25) is 10.0 Å². The van der Waals surface area contributed by atoms with Gasteiger partial charge in [0.05, 0.1) is 23.0 Å². The molecule has 0 aliphatic heterocycles. The van der Waals surface area contributed by atoms with Gasteiger partial charge in [-0.3, -0.25) is 9.52 Å². The fourth-order valence-corrected chi connectivity index (χ4v) is 3.01. The van der Waals surface area contributed by atoms with Crippen molar-refractivity contribution in [1.29, 1.82) is 0 Å². The van der Waals surface area contributed by atoms with E-state index < -0.39 is 10.0 Å². The topological polar surface area (TPSA) is 75.3 Å². The molecule has 0 unspecified atom stereocenters. The quantitative estimate of drug-likeness (QED) is 0.807. The smallest absolute Gasteiger partial charge is 0.253 e. The van der Waals surface area contributed by atoms with E-state index in [-0.39, 0.29) is 17.7 Å². The molecule has 0 aliphatic carbocycles. The highest BCUT2D eigenvalue weighted by Crippen LogP contribution is 2.20. The minimum atomic E-state index is -3.44. The number of amides is 1. The Morgan fingerprint density at radius 2 is 1.62 bits per heavy atom. The van der Waals surface area contributed by atoms with Crippen LogP contribution in [0.25, 0.3) is 0 Å². The maximum absolute atomic E-state index is 12.6. The molecule has 6 heteroatoms. The molecular weight excluding hydrogens is 324 g/mol. The maximum atomic E-state index is 12.6. The molecule has 0 aliphatic rings. The molecule has 128 valence electrons. The summed E-state index contributed by atoms with van der Waals surface area (Å²) in [5, 5.41) is 2.97. The number of anilines is 1. The van der Waals surface area contributed by atoms with E-state index in [0.717, 1.165) is 12.0 Å². The molecule has 0 bridgehead atoms. The van der Waals surface area contributed by atoms with Crippen LogP contribution in [0.3, 0.4) is 0 Å². The molecule has 1 amide bonds. The summed E-state index contributed by atoms with van der Waals surface area (Å²) >= 11 is 0. The van der Waals surface area contributed by atoms with E-state index in [1.807, 2.05) is 37.3 Å². The summed E-state index contributed by atoms with van der Waals surface area (Å²) in [4.78, 5) is 12.6. The van der Waals surface area contributed by atoms with Crippen molar-refractivity contribution in [3.8, 4) is 0 Å². The standard InChI is InChI=1S/C18H22N2O3S/c1-3-16(14-10-6-5-7-11-14)19-18(21)15-12-8-9-13-17(15)20-24(22,23)4-2/h5-13,16,20H,3-4H2,1-2H3,(H,19,21)/t16-/m0/s1. The average Bonchev–Trinajstić information content (AvgIpc) is 2.60. The Kier molecular flexibility index (Phi) is 5.98. The highest BCUT2D eigenvalue weighted by Gasteiger charge is 2.18. The molecule has 5 nitrogen and oxygen atoms in total. The third-order valence-corrected chi connectivity index (χ3v) is 5.02. The van der Waals surface area contributed by atoms with Crippen molar-refractivity contribution in [3.05, 3.63) is 65.7 Å². The molecule has 0 spiro atoms. The minimum Gasteiger partial charge on any atom is -0.345 e. The SMILES string of the molecule is CC[C@H](NC(=O)c1ccccc1NS(=O)(=O)CC)c1ccccc1. The van der Waals surface area contributed by atoms with E-state index >= 15 is 0 Å². The van der Waals surface area contributed by atoms with Crippen molar-refractivity contribution in [2.45, 2.75) is 26.3 Å². The Hall–Kier alpha value is -2.34. The summed E-state index contributed by atoms with van der Waals surface area (Å²) in [6.45, 7) is 3.54. The van der Waals surface area contributed by atoms with Gasteiger partial charge in [-0.1, -0.05) is 49.4 Å². The Morgan fingerprint density at radius 3 is 2.25 bits per heavy atom. The lowest BCUT2D eigenvalue weighted by atomic mass is 10.0. The zero-order valence-corrected chi connectivity index (χ0v) is 14.6. The van der Waals surface area contributed by atoms with Crippen molar-refractivity contribution in [1.82, 2.24) is 5.32 Å². The van der Waals surface area contributed by atoms with Gasteiger partial charge >= 0.3 is 0 Å². The van der Waals surface area contributed by atoms with Gasteiger partial charge in [-0.2, -0.15) is 0 Å². The molecule has 0 saturated carbocycles. The molecular formula is C18H22N2O3S. The Labute approximate surface area is 143 Å². The second-order valence-corrected chi connectivity index (χ2v) is 7.41. The predicted molar refractivity (Wildman–Crippen MR) is 96.5 cm³/mol. The summed E-state index contributed by atoms with van der Waals surface area (Å²) in [7, 11) is -3.44. The van der Waals surface area contributed by atoms with Crippen molar-refractivity contribution in [3.63, 3.8) is 0 Å². The number of rotatable bonds is 7. The fraction of sp³-hybridized carbons (Fsp3) is 0.278. The van der Waals surface area contributed by atoms with Crippen LogP contribution in [0.15, 0.2) is 54.6 Å². The van der Waals surface area contributed by atoms with Crippen LogP contribution in [0.1, 0.15) is 42.2 Å². The van der Waals surface area contributed by atoms with Crippen molar-refractivity contribution >= 4 is 21.6 Å². The third kappa shape index (κ3) is 4.58. The van der Waals surface area contributed by atoms with E-state index in [9.17, 15) is 13.2 Å². The Bertz CT molecular complexity index is 789. The van der Waals surface area contributed by atoms with E-state index in [1.54, 1.807) is 31.2 Å². The lowest BCUT2D eigenvalue weighted by Gasteiger charge is -2.19. The van der Waals surface area contributed by atoms with E-state index in [2.05, 4.69) is 10.0 Å². The van der Waals surface area contributed by atoms with Crippen LogP contribution in [0.2, 0.25) is 0 Å². The number of sulfonamides is 1. The third-order valence-electron chi connectivity index (χ3n) is 3.73. The number of hydrogen-bond acceptors (Lipinski definition) is 3. The van der Waals surface area contributed by atoms with Crippen LogP contribution < -0.4 is 10.0 Å². The largest absolute Gasteiger partial charge is 0.345 e. The van der Waals surface area contributed by atoms with Crippen LogP contribution >= 0.6 is 0 Å². The normalized spacial score (nSPS) is 12.4. The van der Waals surface area contributed by atoms with Gasteiger partial charge in [0, 0.05) is 0 Å². The summed E-state index contributed by atoms with van der Waals surface area (Å²) < 4.78 is 26.1. The first-order valence-electron chi connectivity index (χ1n) is 7.92. The minimum absolute atomic E-state index is 0.0510. The Morgan fingerprint density at radius 1 is 1.00 bits per heavy atom. The van der Waals surface area contributed by atoms with Crippen LogP contribution in [-0.4, -0.2) is 20.1 Å². The van der Waals surface area contributed by atoms with Gasteiger partial charge in [0.1, 0.15) is 0 Å². The fourth-order valence-electron chi connectivity index (χ4n) is 2.35. The van der Waals surface area contributed by atoms with Crippen molar-refractivity contribution < 1.29 is 13.2 Å². The van der Waals surface area contributed by atoms with Crippen LogP contribution in [0.4, 0.5) is 5.69 Å². The van der Waals surface area contributed by atoms with Gasteiger partial charge in [-0.15, -0.1) is 0 Å². The monoisotopic (exact) mass is 346 g/mol. The summed E-state index contributed by atoms with van der Waals surface area (Å²) in [5.41, 5.74) is 1.61. The summed E-state index contributed by atoms with van der Waals surface area (Å²) in [6, 6.07) is 16.2. The van der Waals surface area contributed by atoms with Gasteiger partial charge < -0.3 is 5.32 Å². The second kappa shape index (κ2) is 7.97. The van der Waals surface area contributed by atoms with Gasteiger partial charge in [-0.05, 0) is 31.0 Å². The van der Waals surface area contributed by atoms with E-state index in [0.29, 0.717) is 11.3 Å². The maximum Gasteiger partial charge on any atom is 0.253 e. The molecule has 1 atom stereocenters. The number of carbonyl (C=O) groups is 1. The van der Waals surface area contributed by atoms with Gasteiger partial charge in [-0.25, -0.2) is 8.42 Å². The van der Waals surface area contributed by atoms with Crippen LogP contribution in [-0.2, 0) is 10.0 Å². The lowest BCUT2D eigenvalue weighted by molar-refractivity contribution is 0.0936. The van der Waals surface area contributed by atoms with Crippen LogP contribution in [0, 0.1) is 0 Å². The Balaban J connectivity index is 2.24. The molecule has 2 N–H and O–H groups in total. The first kappa shape index (κ1) is 18.0. The zero-order valence-electron chi connectivity index (χ0n) is 13.8. The molecule has 0 fully saturated rings. The molecule has 0 heterocycles. The summed E-state index contributed by atoms with van der Waals surface area (Å²) in [5.74, 6) is -0.356. The number of carbonyl (C=O) groups excluding carboxylic acids is 1.